The number of fused-ring (bicyclic) bond motifs is 1. The minimum Gasteiger partial charge on any atom is -0.482 e. The van der Waals surface area contributed by atoms with Crippen LogP contribution in [0.2, 0.25) is 0 Å². The topological polar surface area (TPSA) is 92.0 Å². The number of para-hydroxylation sites is 2. The number of carbonyl (C=O) groups is 1. The number of halogens is 1. The first-order valence-corrected chi connectivity index (χ1v) is 10.1. The van der Waals surface area contributed by atoms with Crippen LogP contribution in [0.3, 0.4) is 0 Å². The maximum Gasteiger partial charge on any atom is 0.265 e. The van der Waals surface area contributed by atoms with Crippen LogP contribution in [0.5, 0.6) is 5.75 Å². The summed E-state index contributed by atoms with van der Waals surface area (Å²) >= 11 is 0. The van der Waals surface area contributed by atoms with Gasteiger partial charge < -0.3 is 24.8 Å². The highest BCUT2D eigenvalue weighted by Gasteiger charge is 2.24. The molecule has 1 amide bonds. The number of hydrogen-bond acceptors (Lipinski definition) is 5. The number of rotatable bonds is 8. The smallest absolute Gasteiger partial charge is 0.265 e. The van der Waals surface area contributed by atoms with Gasteiger partial charge in [-0.3, -0.25) is 9.79 Å². The molecule has 30 heavy (non-hydrogen) atoms. The maximum absolute atomic E-state index is 12.2. The van der Waals surface area contributed by atoms with Crippen LogP contribution in [0.4, 0.5) is 5.69 Å². The summed E-state index contributed by atoms with van der Waals surface area (Å²) in [6.45, 7) is 6.14. The molecule has 1 aromatic heterocycles. The Hall–Kier alpha value is -2.30. The fraction of sp³-hybridized carbons (Fsp3) is 0.476. The number of aromatic nitrogens is 1. The standard InChI is InChI=1S/C21H29N5O3.HI/c1-4-16-15(18(5-2)29-25-16)13-24-21(22-3)23-11-8-12-26-17-9-6-7-10-19(17)28-14-20(26)27;/h6-7,9-10H,4-5,8,11-14H2,1-3H3,(H2,22,23,24);1H. The lowest BCUT2D eigenvalue weighted by Gasteiger charge is -2.29. The largest absolute Gasteiger partial charge is 0.482 e. The average Bonchev–Trinajstić information content (AvgIpc) is 3.16. The number of anilines is 1. The van der Waals surface area contributed by atoms with Gasteiger partial charge in [0.05, 0.1) is 11.4 Å². The van der Waals surface area contributed by atoms with Crippen molar-refractivity contribution in [2.75, 3.05) is 31.6 Å². The lowest BCUT2D eigenvalue weighted by molar-refractivity contribution is -0.121. The molecule has 9 heteroatoms. The summed E-state index contributed by atoms with van der Waals surface area (Å²) in [4.78, 5) is 18.3. The van der Waals surface area contributed by atoms with Crippen LogP contribution in [0, 0.1) is 0 Å². The minimum absolute atomic E-state index is 0. The Balaban J connectivity index is 0.00000320. The molecule has 2 aromatic rings. The highest BCUT2D eigenvalue weighted by atomic mass is 127. The number of nitrogens with one attached hydrogen (secondary N) is 2. The third kappa shape index (κ3) is 5.65. The second-order valence-electron chi connectivity index (χ2n) is 6.75. The summed E-state index contributed by atoms with van der Waals surface area (Å²) < 4.78 is 10.9. The highest BCUT2D eigenvalue weighted by Crippen LogP contribution is 2.31. The molecule has 8 nitrogen and oxygen atoms in total. The Morgan fingerprint density at radius 2 is 2.03 bits per heavy atom. The van der Waals surface area contributed by atoms with Crippen LogP contribution in [-0.4, -0.2) is 43.8 Å². The van der Waals surface area contributed by atoms with Crippen molar-refractivity contribution in [3.05, 3.63) is 41.3 Å². The molecule has 0 fully saturated rings. The van der Waals surface area contributed by atoms with Gasteiger partial charge in [-0.1, -0.05) is 31.1 Å². The van der Waals surface area contributed by atoms with E-state index in [-0.39, 0.29) is 36.5 Å². The van der Waals surface area contributed by atoms with Gasteiger partial charge in [0.25, 0.3) is 5.91 Å². The van der Waals surface area contributed by atoms with Crippen LogP contribution >= 0.6 is 24.0 Å². The van der Waals surface area contributed by atoms with E-state index in [2.05, 4.69) is 34.6 Å². The Morgan fingerprint density at radius 3 is 2.77 bits per heavy atom. The van der Waals surface area contributed by atoms with E-state index in [0.717, 1.165) is 47.7 Å². The van der Waals surface area contributed by atoms with Gasteiger partial charge in [-0.25, -0.2) is 0 Å². The van der Waals surface area contributed by atoms with Gasteiger partial charge in [-0.05, 0) is 25.0 Å². The molecule has 0 radical (unpaired) electrons. The highest BCUT2D eigenvalue weighted by molar-refractivity contribution is 14.0. The van der Waals surface area contributed by atoms with Crippen molar-refractivity contribution in [2.45, 2.75) is 39.7 Å². The minimum atomic E-state index is -0.0159. The summed E-state index contributed by atoms with van der Waals surface area (Å²) in [5.74, 6) is 2.36. The Kier molecular flexibility index (Phi) is 9.41. The van der Waals surface area contributed by atoms with Gasteiger partial charge in [0.2, 0.25) is 0 Å². The Morgan fingerprint density at radius 1 is 1.23 bits per heavy atom. The predicted molar refractivity (Wildman–Crippen MR) is 128 cm³/mol. The van der Waals surface area contributed by atoms with E-state index < -0.39 is 0 Å². The van der Waals surface area contributed by atoms with Gasteiger partial charge in [0.15, 0.2) is 12.6 Å². The van der Waals surface area contributed by atoms with Crippen molar-refractivity contribution in [1.82, 2.24) is 15.8 Å². The SMILES string of the molecule is CCc1noc(CC)c1CNC(=NC)NCCCN1C(=O)COc2ccccc21.I. The second-order valence-corrected chi connectivity index (χ2v) is 6.75. The molecule has 0 saturated carbocycles. The van der Waals surface area contributed by atoms with E-state index in [1.165, 1.54) is 0 Å². The summed E-state index contributed by atoms with van der Waals surface area (Å²) in [7, 11) is 1.74. The van der Waals surface area contributed by atoms with E-state index in [1.54, 1.807) is 11.9 Å². The molecule has 3 rings (SSSR count). The first-order valence-electron chi connectivity index (χ1n) is 10.1. The number of nitrogens with zero attached hydrogens (tertiary/aromatic N) is 3. The summed E-state index contributed by atoms with van der Waals surface area (Å²) in [6, 6.07) is 7.62. The average molecular weight is 527 g/mol. The van der Waals surface area contributed by atoms with Crippen LogP contribution in [0.1, 0.15) is 37.3 Å². The van der Waals surface area contributed by atoms with Gasteiger partial charge in [0, 0.05) is 38.7 Å². The van der Waals surface area contributed by atoms with E-state index in [1.807, 2.05) is 24.3 Å². The fourth-order valence-corrected chi connectivity index (χ4v) is 3.37. The summed E-state index contributed by atoms with van der Waals surface area (Å²) in [5, 5.41) is 10.8. The number of hydrogen-bond donors (Lipinski definition) is 2. The van der Waals surface area contributed by atoms with E-state index in [4.69, 9.17) is 9.26 Å². The number of aryl methyl sites for hydroxylation is 2. The van der Waals surface area contributed by atoms with Crippen molar-refractivity contribution in [3.8, 4) is 5.75 Å². The molecular formula is C21H30IN5O3. The lowest BCUT2D eigenvalue weighted by atomic mass is 10.1. The first-order chi connectivity index (χ1) is 14.2. The number of benzene rings is 1. The maximum atomic E-state index is 12.2. The molecule has 0 atom stereocenters. The van der Waals surface area contributed by atoms with Gasteiger partial charge >= 0.3 is 0 Å². The lowest BCUT2D eigenvalue weighted by Crippen LogP contribution is -2.42. The normalized spacial score (nSPS) is 13.4. The number of guanidine groups is 1. The van der Waals surface area contributed by atoms with Gasteiger partial charge in [0.1, 0.15) is 11.5 Å². The van der Waals surface area contributed by atoms with Gasteiger partial charge in [-0.15, -0.1) is 24.0 Å². The molecular weight excluding hydrogens is 497 g/mol. The Labute approximate surface area is 194 Å². The molecule has 2 N–H and O–H groups in total. The first kappa shape index (κ1) is 24.0. The van der Waals surface area contributed by atoms with Crippen molar-refractivity contribution in [2.24, 2.45) is 4.99 Å². The third-order valence-corrected chi connectivity index (χ3v) is 4.92. The van der Waals surface area contributed by atoms with E-state index in [0.29, 0.717) is 25.6 Å². The monoisotopic (exact) mass is 527 g/mol. The van der Waals surface area contributed by atoms with Crippen LogP contribution in [0.15, 0.2) is 33.8 Å². The molecule has 0 unspecified atom stereocenters. The second kappa shape index (κ2) is 11.8. The van der Waals surface area contributed by atoms with Crippen molar-refractivity contribution in [3.63, 3.8) is 0 Å². The molecule has 164 valence electrons. The molecule has 0 saturated heterocycles. The van der Waals surface area contributed by atoms with Crippen LogP contribution < -0.4 is 20.3 Å². The molecule has 1 aromatic carbocycles. The van der Waals surface area contributed by atoms with Crippen LogP contribution in [0.25, 0.3) is 0 Å². The zero-order chi connectivity index (χ0) is 20.6. The molecule has 0 bridgehead atoms. The molecule has 0 aliphatic carbocycles. The van der Waals surface area contributed by atoms with Crippen molar-refractivity contribution in [1.29, 1.82) is 0 Å². The molecule has 1 aliphatic rings. The quantitative estimate of drug-likeness (QED) is 0.238. The number of aliphatic imine (C=N–C) groups is 1. The Bertz CT molecular complexity index is 847. The molecule has 1 aliphatic heterocycles. The molecule has 0 spiro atoms. The fourth-order valence-electron chi connectivity index (χ4n) is 3.37. The van der Waals surface area contributed by atoms with Gasteiger partial charge in [-0.2, -0.15) is 0 Å². The number of ether oxygens (including phenoxy) is 1. The van der Waals surface area contributed by atoms with E-state index >= 15 is 0 Å². The molecule has 2 heterocycles. The van der Waals surface area contributed by atoms with Crippen molar-refractivity contribution >= 4 is 41.5 Å². The predicted octanol–water partition coefficient (Wildman–Crippen LogP) is 2.90. The summed E-state index contributed by atoms with van der Waals surface area (Å²) in [6.07, 6.45) is 2.43. The van der Waals surface area contributed by atoms with Crippen molar-refractivity contribution < 1.29 is 14.1 Å². The van der Waals surface area contributed by atoms with E-state index in [9.17, 15) is 4.79 Å². The van der Waals surface area contributed by atoms with Crippen LogP contribution in [-0.2, 0) is 24.2 Å². The number of carbonyl (C=O) groups excluding carboxylic acids is 1. The number of amides is 1. The zero-order valence-electron chi connectivity index (χ0n) is 17.7. The zero-order valence-corrected chi connectivity index (χ0v) is 20.1. The summed E-state index contributed by atoms with van der Waals surface area (Å²) in [5.41, 5.74) is 2.92. The third-order valence-electron chi connectivity index (χ3n) is 4.92.